The number of amides is 2. The Morgan fingerprint density at radius 3 is 2.03 bits per heavy atom. The maximum Gasteiger partial charge on any atom is 0.257 e. The van der Waals surface area contributed by atoms with Crippen molar-refractivity contribution in [2.45, 2.75) is 46.0 Å². The van der Waals surface area contributed by atoms with Gasteiger partial charge in [0.05, 0.1) is 6.61 Å². The highest BCUT2D eigenvalue weighted by Gasteiger charge is 2.15. The van der Waals surface area contributed by atoms with Gasteiger partial charge in [-0.1, -0.05) is 52.3 Å². The second-order valence-electron chi connectivity index (χ2n) is 9.50. The molecule has 0 fully saturated rings. The predicted molar refractivity (Wildman–Crippen MR) is 150 cm³/mol. The fourth-order valence-corrected chi connectivity index (χ4v) is 3.58. The van der Waals surface area contributed by atoms with Crippen molar-refractivity contribution in [2.75, 3.05) is 17.2 Å². The van der Waals surface area contributed by atoms with Crippen LogP contribution in [0.3, 0.4) is 0 Å². The van der Waals surface area contributed by atoms with Crippen LogP contribution >= 0.6 is 12.2 Å². The third-order valence-corrected chi connectivity index (χ3v) is 5.71. The summed E-state index contributed by atoms with van der Waals surface area (Å²) in [6.07, 6.45) is 2.04. The van der Waals surface area contributed by atoms with E-state index in [0.717, 1.165) is 24.2 Å². The summed E-state index contributed by atoms with van der Waals surface area (Å²) in [7, 11) is 0. The van der Waals surface area contributed by atoms with Gasteiger partial charge in [0.2, 0.25) is 0 Å². The lowest BCUT2D eigenvalue weighted by Gasteiger charge is -2.19. The number of carbonyl (C=O) groups is 2. The fraction of sp³-hybridized carbons (Fsp3) is 0.276. The van der Waals surface area contributed by atoms with Crippen molar-refractivity contribution < 1.29 is 14.3 Å². The second-order valence-corrected chi connectivity index (χ2v) is 9.91. The average molecular weight is 504 g/mol. The van der Waals surface area contributed by atoms with Crippen LogP contribution in [0.1, 0.15) is 66.8 Å². The van der Waals surface area contributed by atoms with Gasteiger partial charge in [-0.15, -0.1) is 0 Å². The SMILES string of the molecule is CCCCOc1ccc(C(=O)NC(=S)Nc2cccc(NC(=O)c3ccc(C(C)(C)C)cc3)c2)cc1. The van der Waals surface area contributed by atoms with Crippen LogP contribution in [0.15, 0.2) is 72.8 Å². The summed E-state index contributed by atoms with van der Waals surface area (Å²) >= 11 is 5.30. The first-order chi connectivity index (χ1) is 17.2. The van der Waals surface area contributed by atoms with Crippen LogP contribution in [-0.4, -0.2) is 23.5 Å². The summed E-state index contributed by atoms with van der Waals surface area (Å²) in [4.78, 5) is 25.2. The van der Waals surface area contributed by atoms with E-state index in [1.165, 1.54) is 0 Å². The number of unbranched alkanes of at least 4 members (excludes halogenated alkanes) is 1. The van der Waals surface area contributed by atoms with Crippen LogP contribution in [0.25, 0.3) is 0 Å². The molecule has 0 aliphatic heterocycles. The smallest absolute Gasteiger partial charge is 0.257 e. The number of hydrogen-bond acceptors (Lipinski definition) is 4. The molecular weight excluding hydrogens is 470 g/mol. The Hall–Kier alpha value is -3.71. The molecular formula is C29H33N3O3S. The zero-order valence-corrected chi connectivity index (χ0v) is 22.0. The van der Waals surface area contributed by atoms with Crippen molar-refractivity contribution in [1.82, 2.24) is 5.32 Å². The van der Waals surface area contributed by atoms with E-state index in [1.54, 1.807) is 48.5 Å². The molecule has 3 aromatic carbocycles. The van der Waals surface area contributed by atoms with Crippen LogP contribution in [0.2, 0.25) is 0 Å². The molecule has 7 heteroatoms. The van der Waals surface area contributed by atoms with Gasteiger partial charge in [0, 0.05) is 22.5 Å². The van der Waals surface area contributed by atoms with Crippen LogP contribution in [-0.2, 0) is 5.41 Å². The van der Waals surface area contributed by atoms with Gasteiger partial charge >= 0.3 is 0 Å². The quantitative estimate of drug-likeness (QED) is 0.240. The largest absolute Gasteiger partial charge is 0.494 e. The molecule has 0 radical (unpaired) electrons. The molecule has 0 unspecified atom stereocenters. The van der Waals surface area contributed by atoms with Crippen LogP contribution in [0.4, 0.5) is 11.4 Å². The lowest BCUT2D eigenvalue weighted by Crippen LogP contribution is -2.34. The Labute approximate surface area is 218 Å². The van der Waals surface area contributed by atoms with E-state index in [-0.39, 0.29) is 22.3 Å². The lowest BCUT2D eigenvalue weighted by molar-refractivity contribution is 0.0976. The fourth-order valence-electron chi connectivity index (χ4n) is 3.37. The number of carbonyl (C=O) groups excluding carboxylic acids is 2. The molecule has 0 spiro atoms. The molecule has 0 saturated carbocycles. The van der Waals surface area contributed by atoms with E-state index in [4.69, 9.17) is 17.0 Å². The summed E-state index contributed by atoms with van der Waals surface area (Å²) in [6.45, 7) is 9.15. The van der Waals surface area contributed by atoms with E-state index in [9.17, 15) is 9.59 Å². The normalized spacial score (nSPS) is 10.9. The van der Waals surface area contributed by atoms with E-state index >= 15 is 0 Å². The molecule has 0 aromatic heterocycles. The molecule has 3 N–H and O–H groups in total. The van der Waals surface area contributed by atoms with Crippen molar-refractivity contribution in [3.63, 3.8) is 0 Å². The Kier molecular flexibility index (Phi) is 9.19. The van der Waals surface area contributed by atoms with Crippen LogP contribution in [0, 0.1) is 0 Å². The van der Waals surface area contributed by atoms with E-state index in [2.05, 4.69) is 43.6 Å². The van der Waals surface area contributed by atoms with Gasteiger partial charge in [-0.05, 0) is 84.2 Å². The van der Waals surface area contributed by atoms with Crippen molar-refractivity contribution in [3.8, 4) is 5.75 Å². The molecule has 188 valence electrons. The minimum Gasteiger partial charge on any atom is -0.494 e. The van der Waals surface area contributed by atoms with Crippen molar-refractivity contribution in [2.24, 2.45) is 0 Å². The molecule has 2 amide bonds. The van der Waals surface area contributed by atoms with Gasteiger partial charge in [-0.2, -0.15) is 0 Å². The van der Waals surface area contributed by atoms with Gasteiger partial charge in [0.1, 0.15) is 5.75 Å². The molecule has 0 saturated heterocycles. The van der Waals surface area contributed by atoms with E-state index in [1.807, 2.05) is 24.3 Å². The van der Waals surface area contributed by atoms with Gasteiger partial charge in [-0.25, -0.2) is 0 Å². The second kappa shape index (κ2) is 12.3. The molecule has 0 heterocycles. The number of thiocarbonyl (C=S) groups is 1. The van der Waals surface area contributed by atoms with Gasteiger partial charge in [0.25, 0.3) is 11.8 Å². The van der Waals surface area contributed by atoms with Gasteiger partial charge in [0.15, 0.2) is 5.11 Å². The number of hydrogen-bond donors (Lipinski definition) is 3. The van der Waals surface area contributed by atoms with Crippen molar-refractivity contribution in [1.29, 1.82) is 0 Å². The zero-order valence-electron chi connectivity index (χ0n) is 21.2. The molecule has 3 aromatic rings. The first-order valence-corrected chi connectivity index (χ1v) is 12.4. The lowest BCUT2D eigenvalue weighted by atomic mass is 9.87. The van der Waals surface area contributed by atoms with E-state index in [0.29, 0.717) is 29.1 Å². The molecule has 0 aliphatic rings. The number of rotatable bonds is 8. The van der Waals surface area contributed by atoms with Gasteiger partial charge in [-0.3, -0.25) is 14.9 Å². The third-order valence-electron chi connectivity index (χ3n) is 5.50. The Bertz CT molecular complexity index is 1200. The molecule has 36 heavy (non-hydrogen) atoms. The number of benzene rings is 3. The molecule has 0 aliphatic carbocycles. The van der Waals surface area contributed by atoms with Crippen molar-refractivity contribution in [3.05, 3.63) is 89.5 Å². The standard InChI is InChI=1S/C29H33N3O3S/c1-5-6-18-35-25-16-12-21(13-17-25)27(34)32-28(36)31-24-9-7-8-23(19-24)30-26(33)20-10-14-22(15-11-20)29(2,3)4/h7-17,19H,5-6,18H2,1-4H3,(H,30,33)(H2,31,32,34,36). The predicted octanol–water partition coefficient (Wildman–Crippen LogP) is 6.54. The highest BCUT2D eigenvalue weighted by molar-refractivity contribution is 7.80. The van der Waals surface area contributed by atoms with Crippen LogP contribution < -0.4 is 20.7 Å². The first-order valence-electron chi connectivity index (χ1n) is 12.0. The zero-order chi connectivity index (χ0) is 26.1. The highest BCUT2D eigenvalue weighted by Crippen LogP contribution is 2.23. The van der Waals surface area contributed by atoms with Crippen LogP contribution in [0.5, 0.6) is 5.75 Å². The Balaban J connectivity index is 1.55. The maximum atomic E-state index is 12.7. The summed E-state index contributed by atoms with van der Waals surface area (Å²) in [5, 5.41) is 8.72. The summed E-state index contributed by atoms with van der Waals surface area (Å²) in [6, 6.07) is 21.7. The summed E-state index contributed by atoms with van der Waals surface area (Å²) in [5.74, 6) is 0.200. The average Bonchev–Trinajstić information content (AvgIpc) is 2.84. The summed E-state index contributed by atoms with van der Waals surface area (Å²) < 4.78 is 5.63. The highest BCUT2D eigenvalue weighted by atomic mass is 32.1. The minimum absolute atomic E-state index is 0.0228. The number of ether oxygens (including phenoxy) is 1. The Morgan fingerprint density at radius 1 is 0.833 bits per heavy atom. The maximum absolute atomic E-state index is 12.7. The number of nitrogens with one attached hydrogen (secondary N) is 3. The summed E-state index contributed by atoms with van der Waals surface area (Å²) in [5.41, 5.74) is 3.48. The third kappa shape index (κ3) is 7.92. The Morgan fingerprint density at radius 2 is 1.42 bits per heavy atom. The molecule has 0 atom stereocenters. The number of anilines is 2. The first kappa shape index (κ1) is 26.9. The monoisotopic (exact) mass is 503 g/mol. The molecule has 3 rings (SSSR count). The molecule has 0 bridgehead atoms. The van der Waals surface area contributed by atoms with Crippen molar-refractivity contribution >= 4 is 40.5 Å². The topological polar surface area (TPSA) is 79.5 Å². The van der Waals surface area contributed by atoms with E-state index < -0.39 is 0 Å². The minimum atomic E-state index is -0.323. The van der Waals surface area contributed by atoms with Gasteiger partial charge < -0.3 is 15.4 Å². The molecule has 6 nitrogen and oxygen atoms in total.